The first-order valence-corrected chi connectivity index (χ1v) is 10.1. The molecule has 1 atom stereocenters. The Morgan fingerprint density at radius 1 is 1.26 bits per heavy atom. The number of hydrogen-bond donors (Lipinski definition) is 1. The maximum Gasteiger partial charge on any atom is 0.341 e. The van der Waals surface area contributed by atoms with Crippen LogP contribution in [0.1, 0.15) is 46.6 Å². The smallest absolute Gasteiger partial charge is 0.341 e. The Morgan fingerprint density at radius 2 is 2.00 bits per heavy atom. The quantitative estimate of drug-likeness (QED) is 0.753. The Morgan fingerprint density at radius 3 is 2.67 bits per heavy atom. The molecule has 0 saturated carbocycles. The third kappa shape index (κ3) is 4.50. The number of benzene rings is 1. The van der Waals surface area contributed by atoms with Crippen LogP contribution in [-0.2, 0) is 28.8 Å². The van der Waals surface area contributed by atoms with E-state index in [0.717, 1.165) is 31.2 Å². The molecule has 0 saturated heterocycles. The number of anilines is 1. The normalized spacial score (nSPS) is 15.7. The number of aryl methyl sites for hydroxylation is 1. The molecule has 2 aromatic rings. The highest BCUT2D eigenvalue weighted by Gasteiger charge is 2.28. The first-order chi connectivity index (χ1) is 13.0. The lowest BCUT2D eigenvalue weighted by atomic mass is 9.88. The van der Waals surface area contributed by atoms with Crippen LogP contribution < -0.4 is 10.1 Å². The predicted octanol–water partition coefficient (Wildman–Crippen LogP) is 4.24. The second kappa shape index (κ2) is 8.57. The lowest BCUT2D eigenvalue weighted by Gasteiger charge is -2.18. The number of fused-ring (bicyclic) bond motifs is 1. The number of hydrogen-bond acceptors (Lipinski definition) is 5. The second-order valence-electron chi connectivity index (χ2n) is 6.88. The summed E-state index contributed by atoms with van der Waals surface area (Å²) in [5, 5.41) is 3.41. The zero-order valence-corrected chi connectivity index (χ0v) is 16.8. The van der Waals surface area contributed by atoms with Gasteiger partial charge in [0.05, 0.1) is 12.7 Å². The number of carbonyl (C=O) groups is 2. The number of thiophene rings is 1. The van der Waals surface area contributed by atoms with Crippen molar-refractivity contribution in [3.05, 3.63) is 45.8 Å². The molecule has 3 rings (SSSR count). The van der Waals surface area contributed by atoms with Crippen LogP contribution in [0.4, 0.5) is 5.00 Å². The third-order valence-electron chi connectivity index (χ3n) is 4.86. The van der Waals surface area contributed by atoms with Crippen molar-refractivity contribution >= 4 is 28.2 Å². The van der Waals surface area contributed by atoms with Gasteiger partial charge in [-0.3, -0.25) is 4.79 Å². The van der Waals surface area contributed by atoms with Crippen molar-refractivity contribution in [1.82, 2.24) is 0 Å². The number of esters is 1. The zero-order chi connectivity index (χ0) is 19.4. The molecule has 1 aromatic carbocycles. The molecule has 27 heavy (non-hydrogen) atoms. The summed E-state index contributed by atoms with van der Waals surface area (Å²) in [6.45, 7) is 4.19. The van der Waals surface area contributed by atoms with Gasteiger partial charge in [-0.05, 0) is 54.9 Å². The summed E-state index contributed by atoms with van der Waals surface area (Å²) in [6.07, 6.45) is 3.77. The fourth-order valence-electron chi connectivity index (χ4n) is 3.29. The fourth-order valence-corrected chi connectivity index (χ4v) is 4.70. The van der Waals surface area contributed by atoms with Crippen molar-refractivity contribution < 1.29 is 19.1 Å². The van der Waals surface area contributed by atoms with Crippen molar-refractivity contribution in [3.63, 3.8) is 0 Å². The van der Waals surface area contributed by atoms with Crippen LogP contribution in [-0.4, -0.2) is 25.6 Å². The minimum absolute atomic E-state index is 0.106. The molecule has 0 bridgehead atoms. The van der Waals surface area contributed by atoms with E-state index < -0.39 is 5.97 Å². The van der Waals surface area contributed by atoms with Gasteiger partial charge in [-0.15, -0.1) is 11.3 Å². The monoisotopic (exact) mass is 387 g/mol. The van der Waals surface area contributed by atoms with E-state index in [0.29, 0.717) is 22.2 Å². The van der Waals surface area contributed by atoms with Gasteiger partial charge >= 0.3 is 5.97 Å². The molecule has 0 radical (unpaired) electrons. The average molecular weight is 388 g/mol. The minimum Gasteiger partial charge on any atom is -0.484 e. The van der Waals surface area contributed by atoms with Gasteiger partial charge in [-0.2, -0.15) is 0 Å². The van der Waals surface area contributed by atoms with Gasteiger partial charge in [-0.25, -0.2) is 4.79 Å². The lowest BCUT2D eigenvalue weighted by Crippen LogP contribution is -2.21. The summed E-state index contributed by atoms with van der Waals surface area (Å²) >= 11 is 1.48. The molecule has 0 unspecified atom stereocenters. The number of carbonyl (C=O) groups excluding carboxylic acids is 2. The Bertz CT molecular complexity index is 825. The molecule has 0 spiro atoms. The van der Waals surface area contributed by atoms with E-state index in [1.807, 2.05) is 24.3 Å². The van der Waals surface area contributed by atoms with E-state index in [-0.39, 0.29) is 12.5 Å². The van der Waals surface area contributed by atoms with Crippen molar-refractivity contribution in [2.24, 2.45) is 5.92 Å². The van der Waals surface area contributed by atoms with Crippen molar-refractivity contribution in [1.29, 1.82) is 0 Å². The van der Waals surface area contributed by atoms with Crippen LogP contribution in [0, 0.1) is 5.92 Å². The van der Waals surface area contributed by atoms with Crippen LogP contribution in [0.3, 0.4) is 0 Å². The van der Waals surface area contributed by atoms with E-state index in [9.17, 15) is 9.59 Å². The number of methoxy groups -OCH3 is 1. The molecule has 1 aromatic heterocycles. The van der Waals surface area contributed by atoms with Crippen LogP contribution in [0.15, 0.2) is 24.3 Å². The first kappa shape index (κ1) is 19.4. The van der Waals surface area contributed by atoms with Gasteiger partial charge in [-0.1, -0.05) is 26.0 Å². The Labute approximate surface area is 163 Å². The molecule has 1 amide bonds. The van der Waals surface area contributed by atoms with Gasteiger partial charge in [0.25, 0.3) is 5.91 Å². The van der Waals surface area contributed by atoms with E-state index in [1.165, 1.54) is 28.9 Å². The van der Waals surface area contributed by atoms with Gasteiger partial charge in [0.2, 0.25) is 0 Å². The molecule has 0 aliphatic heterocycles. The van der Waals surface area contributed by atoms with Crippen LogP contribution >= 0.6 is 11.3 Å². The van der Waals surface area contributed by atoms with E-state index >= 15 is 0 Å². The summed E-state index contributed by atoms with van der Waals surface area (Å²) < 4.78 is 10.5. The van der Waals surface area contributed by atoms with E-state index in [2.05, 4.69) is 19.2 Å². The molecule has 0 fully saturated rings. The summed E-state index contributed by atoms with van der Waals surface area (Å²) in [6, 6.07) is 7.68. The standard InChI is InChI=1S/C21H25NO4S/c1-4-14-6-8-15(9-7-14)26-12-18(23)22-20-19(21(24)25-3)16-10-5-13(2)11-17(16)27-20/h6-9,13H,4-5,10-12H2,1-3H3,(H,22,23)/t13-/m1/s1. The summed E-state index contributed by atoms with van der Waals surface area (Å²) in [7, 11) is 1.37. The molecule has 5 nitrogen and oxygen atoms in total. The second-order valence-corrected chi connectivity index (χ2v) is 7.99. The van der Waals surface area contributed by atoms with Gasteiger partial charge in [0.1, 0.15) is 10.8 Å². The number of nitrogens with one attached hydrogen (secondary N) is 1. The molecule has 1 aliphatic rings. The minimum atomic E-state index is -0.395. The highest BCUT2D eigenvalue weighted by molar-refractivity contribution is 7.17. The topological polar surface area (TPSA) is 64.6 Å². The Kier molecular flexibility index (Phi) is 6.16. The molecule has 6 heteroatoms. The lowest BCUT2D eigenvalue weighted by molar-refractivity contribution is -0.118. The van der Waals surface area contributed by atoms with Crippen LogP contribution in [0.2, 0.25) is 0 Å². The van der Waals surface area contributed by atoms with Gasteiger partial charge in [0.15, 0.2) is 6.61 Å². The fraction of sp³-hybridized carbons (Fsp3) is 0.429. The largest absolute Gasteiger partial charge is 0.484 e. The number of rotatable bonds is 6. The Hall–Kier alpha value is -2.34. The molecule has 1 N–H and O–H groups in total. The number of ether oxygens (including phenoxy) is 2. The summed E-state index contributed by atoms with van der Waals surface area (Å²) in [5.41, 5.74) is 2.74. The summed E-state index contributed by atoms with van der Waals surface area (Å²) in [4.78, 5) is 25.8. The van der Waals surface area contributed by atoms with Crippen LogP contribution in [0.25, 0.3) is 0 Å². The van der Waals surface area contributed by atoms with Gasteiger partial charge in [0, 0.05) is 4.88 Å². The first-order valence-electron chi connectivity index (χ1n) is 9.26. The molecular weight excluding hydrogens is 362 g/mol. The highest BCUT2D eigenvalue weighted by atomic mass is 32.1. The molecule has 1 aliphatic carbocycles. The SMILES string of the molecule is CCc1ccc(OCC(=O)Nc2sc3c(c2C(=O)OC)CC[C@@H](C)C3)cc1. The molecule has 1 heterocycles. The van der Waals surface area contributed by atoms with Crippen molar-refractivity contribution in [2.75, 3.05) is 19.0 Å². The van der Waals surface area contributed by atoms with Crippen molar-refractivity contribution in [3.8, 4) is 5.75 Å². The Balaban J connectivity index is 1.70. The zero-order valence-electron chi connectivity index (χ0n) is 16.0. The van der Waals surface area contributed by atoms with E-state index in [1.54, 1.807) is 0 Å². The highest BCUT2D eigenvalue weighted by Crippen LogP contribution is 2.40. The van der Waals surface area contributed by atoms with Gasteiger partial charge < -0.3 is 14.8 Å². The van der Waals surface area contributed by atoms with Crippen molar-refractivity contribution in [2.45, 2.75) is 39.5 Å². The van der Waals surface area contributed by atoms with Crippen LogP contribution in [0.5, 0.6) is 5.75 Å². The average Bonchev–Trinajstić information content (AvgIpc) is 3.02. The molecular formula is C21H25NO4S. The maximum absolute atomic E-state index is 12.4. The molecule has 144 valence electrons. The summed E-state index contributed by atoms with van der Waals surface area (Å²) in [5.74, 6) is 0.550. The predicted molar refractivity (Wildman–Crippen MR) is 107 cm³/mol. The third-order valence-corrected chi connectivity index (χ3v) is 6.03. The maximum atomic E-state index is 12.4. The number of amides is 1. The van der Waals surface area contributed by atoms with E-state index in [4.69, 9.17) is 9.47 Å².